The van der Waals surface area contributed by atoms with Crippen LogP contribution in [0.3, 0.4) is 0 Å². The second-order valence-electron chi connectivity index (χ2n) is 12.0. The Kier molecular flexibility index (Phi) is 9.08. The third-order valence-electron chi connectivity index (χ3n) is 8.98. The first kappa shape index (κ1) is 31.7. The number of aromatic nitrogens is 5. The van der Waals surface area contributed by atoms with Gasteiger partial charge in [0.25, 0.3) is 0 Å². The molecule has 49 heavy (non-hydrogen) atoms. The molecular formula is C42H37N5O2. The van der Waals surface area contributed by atoms with Crippen LogP contribution in [0.4, 0.5) is 0 Å². The average Bonchev–Trinajstić information content (AvgIpc) is 3.65. The molecule has 0 aliphatic carbocycles. The van der Waals surface area contributed by atoms with Gasteiger partial charge in [-0.2, -0.15) is 0 Å². The number of pyridine rings is 1. The lowest BCUT2D eigenvalue weighted by atomic mass is 9.77. The SMILES string of the molecule is CCc1nc(C)cc(OCc2ccc(-c3ccccc3-c3nnnn3C(c3ccccc3)(c3ccccc3)c3ccccc3)cc2)c1CO. The van der Waals surface area contributed by atoms with Gasteiger partial charge in [0.05, 0.1) is 6.61 Å². The Morgan fingerprint density at radius 3 is 1.80 bits per heavy atom. The minimum atomic E-state index is -0.854. The van der Waals surface area contributed by atoms with Gasteiger partial charge in [-0.25, -0.2) is 4.68 Å². The highest BCUT2D eigenvalue weighted by Crippen LogP contribution is 2.43. The summed E-state index contributed by atoms with van der Waals surface area (Å²) < 4.78 is 8.18. The smallest absolute Gasteiger partial charge is 0.184 e. The first-order valence-electron chi connectivity index (χ1n) is 16.5. The van der Waals surface area contributed by atoms with Crippen LogP contribution < -0.4 is 4.74 Å². The van der Waals surface area contributed by atoms with Crippen molar-refractivity contribution in [3.05, 3.63) is 185 Å². The van der Waals surface area contributed by atoms with Gasteiger partial charge >= 0.3 is 0 Å². The lowest BCUT2D eigenvalue weighted by Gasteiger charge is -2.36. The topological polar surface area (TPSA) is 86.0 Å². The second-order valence-corrected chi connectivity index (χ2v) is 12.0. The van der Waals surface area contributed by atoms with Crippen LogP contribution in [-0.4, -0.2) is 30.3 Å². The molecule has 0 saturated carbocycles. The van der Waals surface area contributed by atoms with Gasteiger partial charge in [-0.3, -0.25) is 4.98 Å². The van der Waals surface area contributed by atoms with E-state index in [1.54, 1.807) is 0 Å². The number of aliphatic hydroxyl groups excluding tert-OH is 1. The zero-order valence-corrected chi connectivity index (χ0v) is 27.6. The van der Waals surface area contributed by atoms with E-state index in [-0.39, 0.29) is 6.61 Å². The van der Waals surface area contributed by atoms with Crippen molar-refractivity contribution in [2.24, 2.45) is 0 Å². The van der Waals surface area contributed by atoms with Crippen molar-refractivity contribution in [2.45, 2.75) is 39.0 Å². The molecule has 0 fully saturated rings. The first-order valence-corrected chi connectivity index (χ1v) is 16.5. The molecule has 0 spiro atoms. The van der Waals surface area contributed by atoms with Crippen LogP contribution in [0, 0.1) is 6.92 Å². The van der Waals surface area contributed by atoms with E-state index in [0.717, 1.165) is 62.3 Å². The highest BCUT2D eigenvalue weighted by atomic mass is 16.5. The third-order valence-corrected chi connectivity index (χ3v) is 8.98. The quantitative estimate of drug-likeness (QED) is 0.143. The van der Waals surface area contributed by atoms with Crippen LogP contribution in [0.15, 0.2) is 146 Å². The van der Waals surface area contributed by atoms with Crippen molar-refractivity contribution in [2.75, 3.05) is 0 Å². The average molecular weight is 644 g/mol. The van der Waals surface area contributed by atoms with Crippen LogP contribution in [0.2, 0.25) is 0 Å². The molecule has 2 aromatic heterocycles. The molecule has 0 unspecified atom stereocenters. The summed E-state index contributed by atoms with van der Waals surface area (Å²) in [6.45, 7) is 4.23. The van der Waals surface area contributed by atoms with Crippen molar-refractivity contribution < 1.29 is 9.84 Å². The van der Waals surface area contributed by atoms with Gasteiger partial charge in [0, 0.05) is 28.6 Å². The Morgan fingerprint density at radius 1 is 0.694 bits per heavy atom. The lowest BCUT2D eigenvalue weighted by Crippen LogP contribution is -2.39. The predicted octanol–water partition coefficient (Wildman–Crippen LogP) is 8.18. The molecule has 0 atom stereocenters. The molecule has 5 aromatic carbocycles. The van der Waals surface area contributed by atoms with Crippen molar-refractivity contribution in [1.29, 1.82) is 0 Å². The Bertz CT molecular complexity index is 2050. The van der Waals surface area contributed by atoms with Crippen LogP contribution in [0.25, 0.3) is 22.5 Å². The van der Waals surface area contributed by atoms with Crippen molar-refractivity contribution in [1.82, 2.24) is 25.2 Å². The molecule has 7 heteroatoms. The fraction of sp³-hybridized carbons (Fsp3) is 0.143. The molecule has 1 N–H and O–H groups in total. The van der Waals surface area contributed by atoms with E-state index in [2.05, 4.69) is 124 Å². The summed E-state index contributed by atoms with van der Waals surface area (Å²) in [7, 11) is 0. The molecule has 0 bridgehead atoms. The molecule has 7 nitrogen and oxygen atoms in total. The third kappa shape index (κ3) is 6.01. The number of hydrogen-bond acceptors (Lipinski definition) is 6. The summed E-state index contributed by atoms with van der Waals surface area (Å²) in [6, 6.07) is 49.7. The number of aliphatic hydroxyl groups is 1. The van der Waals surface area contributed by atoms with E-state index in [9.17, 15) is 5.11 Å². The molecule has 0 amide bonds. The number of aryl methyl sites for hydroxylation is 2. The van der Waals surface area contributed by atoms with Gasteiger partial charge in [-0.05, 0) is 57.2 Å². The molecule has 0 aliphatic rings. The Balaban J connectivity index is 1.30. The monoisotopic (exact) mass is 643 g/mol. The van der Waals surface area contributed by atoms with Gasteiger partial charge in [-0.1, -0.05) is 146 Å². The number of nitrogens with zero attached hydrogens (tertiary/aromatic N) is 5. The number of benzene rings is 5. The highest BCUT2D eigenvalue weighted by molar-refractivity contribution is 5.81. The van der Waals surface area contributed by atoms with Gasteiger partial charge < -0.3 is 9.84 Å². The second kappa shape index (κ2) is 14.1. The van der Waals surface area contributed by atoms with E-state index < -0.39 is 5.54 Å². The minimum Gasteiger partial charge on any atom is -0.488 e. The molecule has 7 rings (SSSR count). The summed E-state index contributed by atoms with van der Waals surface area (Å²) in [5.41, 5.74) is 8.72. The maximum Gasteiger partial charge on any atom is 0.184 e. The summed E-state index contributed by atoms with van der Waals surface area (Å²) in [4.78, 5) is 4.57. The highest BCUT2D eigenvalue weighted by Gasteiger charge is 2.42. The van der Waals surface area contributed by atoms with E-state index in [0.29, 0.717) is 18.2 Å². The molecule has 7 aromatic rings. The standard InChI is InChI=1S/C42H37N5O2/c1-3-39-38(28-48)40(27-30(2)43-39)49-29-31-23-25-32(26-24-31)36-21-13-14-22-37(36)41-44-45-46-47(41)42(33-15-7-4-8-16-33,34-17-9-5-10-18-34)35-19-11-6-12-20-35/h4-27,48H,3,28-29H2,1-2H3. The first-order chi connectivity index (χ1) is 24.1. The summed E-state index contributed by atoms with van der Waals surface area (Å²) in [5, 5.41) is 23.7. The largest absolute Gasteiger partial charge is 0.488 e. The normalized spacial score (nSPS) is 11.4. The molecular weight excluding hydrogens is 606 g/mol. The summed E-state index contributed by atoms with van der Waals surface area (Å²) in [6.07, 6.45) is 0.731. The van der Waals surface area contributed by atoms with Crippen molar-refractivity contribution >= 4 is 0 Å². The van der Waals surface area contributed by atoms with E-state index in [1.807, 2.05) is 54.9 Å². The fourth-order valence-electron chi connectivity index (χ4n) is 6.68. The molecule has 0 saturated heterocycles. The minimum absolute atomic E-state index is 0.110. The lowest BCUT2D eigenvalue weighted by molar-refractivity contribution is 0.256. The van der Waals surface area contributed by atoms with Crippen LogP contribution in [-0.2, 0) is 25.2 Å². The van der Waals surface area contributed by atoms with Gasteiger partial charge in [-0.15, -0.1) is 5.10 Å². The zero-order valence-electron chi connectivity index (χ0n) is 27.6. The van der Waals surface area contributed by atoms with E-state index >= 15 is 0 Å². The van der Waals surface area contributed by atoms with E-state index in [4.69, 9.17) is 9.95 Å². The van der Waals surface area contributed by atoms with Gasteiger partial charge in [0.1, 0.15) is 17.9 Å². The van der Waals surface area contributed by atoms with Crippen LogP contribution in [0.5, 0.6) is 5.75 Å². The van der Waals surface area contributed by atoms with Gasteiger partial charge in [0.2, 0.25) is 0 Å². The van der Waals surface area contributed by atoms with Crippen molar-refractivity contribution in [3.63, 3.8) is 0 Å². The van der Waals surface area contributed by atoms with Gasteiger partial charge in [0.15, 0.2) is 5.82 Å². The number of tetrazole rings is 1. The zero-order chi connectivity index (χ0) is 33.6. The predicted molar refractivity (Wildman–Crippen MR) is 192 cm³/mol. The fourth-order valence-corrected chi connectivity index (χ4v) is 6.68. The molecule has 2 heterocycles. The van der Waals surface area contributed by atoms with E-state index in [1.165, 1.54) is 0 Å². The van der Waals surface area contributed by atoms with Crippen LogP contribution >= 0.6 is 0 Å². The summed E-state index contributed by atoms with van der Waals surface area (Å²) >= 11 is 0. The number of rotatable bonds is 11. The van der Waals surface area contributed by atoms with Crippen LogP contribution in [0.1, 0.15) is 46.1 Å². The molecule has 0 radical (unpaired) electrons. The molecule has 242 valence electrons. The Hall–Kier alpha value is -5.92. The summed E-state index contributed by atoms with van der Waals surface area (Å²) in [5.74, 6) is 1.32. The maximum atomic E-state index is 10.0. The Labute approximate surface area is 286 Å². The van der Waals surface area contributed by atoms with Crippen molar-refractivity contribution in [3.8, 4) is 28.3 Å². The Morgan fingerprint density at radius 2 is 1.24 bits per heavy atom. The maximum absolute atomic E-state index is 10.0. The molecule has 0 aliphatic heterocycles. The number of ether oxygens (including phenoxy) is 1. The number of hydrogen-bond donors (Lipinski definition) is 1.